The summed E-state index contributed by atoms with van der Waals surface area (Å²) < 4.78 is 5.65. The Balaban J connectivity index is 1.40. The van der Waals surface area contributed by atoms with Gasteiger partial charge in [-0.3, -0.25) is 9.69 Å². The molecule has 1 aliphatic heterocycles. The Morgan fingerprint density at radius 1 is 1.15 bits per heavy atom. The quantitative estimate of drug-likeness (QED) is 0.812. The maximum atomic E-state index is 12.2. The minimum atomic E-state index is -0.0678. The van der Waals surface area contributed by atoms with Crippen molar-refractivity contribution < 1.29 is 9.53 Å². The lowest BCUT2D eigenvalue weighted by atomic mass is 10.0. The Morgan fingerprint density at radius 2 is 1.78 bits per heavy atom. The normalized spacial score (nSPS) is 15.5. The number of carbonyl (C=O) groups is 1. The molecule has 4 nitrogen and oxygen atoms in total. The van der Waals surface area contributed by atoms with Gasteiger partial charge in [0, 0.05) is 30.7 Å². The van der Waals surface area contributed by atoms with Crippen LogP contribution in [0.1, 0.15) is 29.5 Å². The molecule has 0 radical (unpaired) electrons. The van der Waals surface area contributed by atoms with Gasteiger partial charge in [-0.25, -0.2) is 0 Å². The van der Waals surface area contributed by atoms with Gasteiger partial charge in [0.1, 0.15) is 5.75 Å². The molecule has 0 saturated carbocycles. The first kappa shape index (κ1) is 19.7. The van der Waals surface area contributed by atoms with E-state index < -0.39 is 0 Å². The number of hydrogen-bond acceptors (Lipinski definition) is 3. The van der Waals surface area contributed by atoms with E-state index in [1.807, 2.05) is 32.0 Å². The molecule has 0 spiro atoms. The Morgan fingerprint density at radius 3 is 2.41 bits per heavy atom. The highest BCUT2D eigenvalue weighted by Gasteiger charge is 2.20. The lowest BCUT2D eigenvalue weighted by molar-refractivity contribution is -0.124. The smallest absolute Gasteiger partial charge is 0.258 e. The van der Waals surface area contributed by atoms with E-state index in [-0.39, 0.29) is 18.6 Å². The third-order valence-corrected chi connectivity index (χ3v) is 5.58. The van der Waals surface area contributed by atoms with E-state index in [4.69, 9.17) is 16.3 Å². The second kappa shape index (κ2) is 9.25. The van der Waals surface area contributed by atoms with Crippen LogP contribution in [0.25, 0.3) is 0 Å². The Hall–Kier alpha value is -2.04. The highest BCUT2D eigenvalue weighted by Crippen LogP contribution is 2.25. The Labute approximate surface area is 166 Å². The number of aryl methyl sites for hydroxylation is 2. The lowest BCUT2D eigenvalue weighted by Crippen LogP contribution is -2.45. The number of rotatable bonds is 6. The average Bonchev–Trinajstić information content (AvgIpc) is 2.67. The number of likely N-dealkylation sites (tertiary alicyclic amines) is 1. The molecule has 0 bridgehead atoms. The minimum Gasteiger partial charge on any atom is -0.484 e. The SMILES string of the molecule is Cc1cc(OCC(=O)NC2CCN(Cc3ccccc3)CC2)cc(C)c1Cl. The van der Waals surface area contributed by atoms with Gasteiger partial charge >= 0.3 is 0 Å². The van der Waals surface area contributed by atoms with Gasteiger partial charge < -0.3 is 10.1 Å². The minimum absolute atomic E-state index is 0.0325. The molecule has 1 fully saturated rings. The summed E-state index contributed by atoms with van der Waals surface area (Å²) in [4.78, 5) is 14.7. The zero-order chi connectivity index (χ0) is 19.2. The number of amides is 1. The summed E-state index contributed by atoms with van der Waals surface area (Å²) in [6.07, 6.45) is 1.94. The molecule has 5 heteroatoms. The van der Waals surface area contributed by atoms with Crippen LogP contribution in [0.2, 0.25) is 5.02 Å². The van der Waals surface area contributed by atoms with E-state index in [9.17, 15) is 4.79 Å². The third-order valence-electron chi connectivity index (χ3n) is 4.98. The van der Waals surface area contributed by atoms with Crippen LogP contribution in [-0.2, 0) is 11.3 Å². The van der Waals surface area contributed by atoms with Crippen LogP contribution in [0.5, 0.6) is 5.75 Å². The molecule has 144 valence electrons. The fourth-order valence-corrected chi connectivity index (χ4v) is 3.59. The number of halogens is 1. The number of carbonyl (C=O) groups excluding carboxylic acids is 1. The van der Waals surface area contributed by atoms with Crippen LogP contribution in [0, 0.1) is 13.8 Å². The molecule has 1 amide bonds. The Kier molecular flexibility index (Phi) is 6.75. The van der Waals surface area contributed by atoms with Gasteiger partial charge in [0.25, 0.3) is 5.91 Å². The van der Waals surface area contributed by atoms with Gasteiger partial charge in [0.15, 0.2) is 6.61 Å². The summed E-state index contributed by atoms with van der Waals surface area (Å²) in [5, 5.41) is 3.84. The van der Waals surface area contributed by atoms with E-state index in [1.54, 1.807) is 0 Å². The molecule has 27 heavy (non-hydrogen) atoms. The Bertz CT molecular complexity index is 748. The van der Waals surface area contributed by atoms with Crippen molar-refractivity contribution in [3.63, 3.8) is 0 Å². The van der Waals surface area contributed by atoms with Gasteiger partial charge in [0.05, 0.1) is 0 Å². The molecule has 1 saturated heterocycles. The number of benzene rings is 2. The summed E-state index contributed by atoms with van der Waals surface area (Å²) in [5.41, 5.74) is 3.25. The maximum absolute atomic E-state index is 12.2. The van der Waals surface area contributed by atoms with Crippen LogP contribution in [0.15, 0.2) is 42.5 Å². The predicted molar refractivity (Wildman–Crippen MR) is 109 cm³/mol. The van der Waals surface area contributed by atoms with Crippen molar-refractivity contribution in [3.8, 4) is 5.75 Å². The first-order valence-electron chi connectivity index (χ1n) is 9.46. The van der Waals surface area contributed by atoms with Crippen LogP contribution in [-0.4, -0.2) is 36.5 Å². The number of ether oxygens (including phenoxy) is 1. The summed E-state index contributed by atoms with van der Waals surface area (Å²) in [6, 6.07) is 14.5. The summed E-state index contributed by atoms with van der Waals surface area (Å²) >= 11 is 6.17. The van der Waals surface area contributed by atoms with Crippen LogP contribution >= 0.6 is 11.6 Å². The highest BCUT2D eigenvalue weighted by molar-refractivity contribution is 6.32. The van der Waals surface area contributed by atoms with E-state index >= 15 is 0 Å². The van der Waals surface area contributed by atoms with Crippen LogP contribution < -0.4 is 10.1 Å². The topological polar surface area (TPSA) is 41.6 Å². The zero-order valence-corrected chi connectivity index (χ0v) is 16.8. The van der Waals surface area contributed by atoms with Crippen molar-refractivity contribution in [1.29, 1.82) is 0 Å². The van der Waals surface area contributed by atoms with Crippen molar-refractivity contribution in [2.45, 2.75) is 39.3 Å². The summed E-state index contributed by atoms with van der Waals surface area (Å²) in [6.45, 7) is 6.87. The number of hydrogen-bond donors (Lipinski definition) is 1. The van der Waals surface area contributed by atoms with Gasteiger partial charge in [-0.05, 0) is 55.5 Å². The van der Waals surface area contributed by atoms with Crippen molar-refractivity contribution in [1.82, 2.24) is 10.2 Å². The number of nitrogens with one attached hydrogen (secondary N) is 1. The largest absolute Gasteiger partial charge is 0.484 e. The first-order chi connectivity index (χ1) is 13.0. The lowest BCUT2D eigenvalue weighted by Gasteiger charge is -2.32. The molecule has 1 heterocycles. The number of nitrogens with zero attached hydrogens (tertiary/aromatic N) is 1. The monoisotopic (exact) mass is 386 g/mol. The van der Waals surface area contributed by atoms with Gasteiger partial charge in [0.2, 0.25) is 0 Å². The average molecular weight is 387 g/mol. The molecular formula is C22H27ClN2O2. The van der Waals surface area contributed by atoms with E-state index in [1.165, 1.54) is 5.56 Å². The van der Waals surface area contributed by atoms with E-state index in [0.29, 0.717) is 5.75 Å². The van der Waals surface area contributed by atoms with Gasteiger partial charge in [-0.1, -0.05) is 41.9 Å². The fraction of sp³-hybridized carbons (Fsp3) is 0.409. The molecule has 1 aliphatic rings. The fourth-order valence-electron chi connectivity index (χ4n) is 3.48. The first-order valence-corrected chi connectivity index (χ1v) is 9.84. The standard InChI is InChI=1S/C22H27ClN2O2/c1-16-12-20(13-17(2)22(16)23)27-15-21(26)24-19-8-10-25(11-9-19)14-18-6-4-3-5-7-18/h3-7,12-13,19H,8-11,14-15H2,1-2H3,(H,24,26). The highest BCUT2D eigenvalue weighted by atomic mass is 35.5. The zero-order valence-electron chi connectivity index (χ0n) is 16.0. The summed E-state index contributed by atoms with van der Waals surface area (Å²) in [7, 11) is 0. The maximum Gasteiger partial charge on any atom is 0.258 e. The molecule has 2 aromatic rings. The molecule has 0 aliphatic carbocycles. The van der Waals surface area contributed by atoms with Gasteiger partial charge in [-0.15, -0.1) is 0 Å². The second-order valence-electron chi connectivity index (χ2n) is 7.26. The molecule has 3 rings (SSSR count). The summed E-state index contributed by atoms with van der Waals surface area (Å²) in [5.74, 6) is 0.615. The van der Waals surface area contributed by atoms with Gasteiger partial charge in [-0.2, -0.15) is 0 Å². The molecule has 0 unspecified atom stereocenters. The molecule has 2 aromatic carbocycles. The molecule has 1 N–H and O–H groups in total. The van der Waals surface area contributed by atoms with Crippen molar-refractivity contribution >= 4 is 17.5 Å². The van der Waals surface area contributed by atoms with E-state index in [0.717, 1.165) is 48.6 Å². The molecule has 0 aromatic heterocycles. The van der Waals surface area contributed by atoms with Crippen LogP contribution in [0.4, 0.5) is 0 Å². The second-order valence-corrected chi connectivity index (χ2v) is 7.64. The van der Waals surface area contributed by atoms with Crippen molar-refractivity contribution in [2.24, 2.45) is 0 Å². The number of piperidine rings is 1. The predicted octanol–water partition coefficient (Wildman–Crippen LogP) is 4.12. The third kappa shape index (κ3) is 5.72. The van der Waals surface area contributed by atoms with Crippen molar-refractivity contribution in [3.05, 3.63) is 64.2 Å². The molecule has 0 atom stereocenters. The van der Waals surface area contributed by atoms with E-state index in [2.05, 4.69) is 34.5 Å². The molecular weight excluding hydrogens is 360 g/mol. The van der Waals surface area contributed by atoms with Crippen LogP contribution in [0.3, 0.4) is 0 Å². The van der Waals surface area contributed by atoms with Crippen molar-refractivity contribution in [2.75, 3.05) is 19.7 Å².